The molecule has 0 aromatic rings. The normalized spacial score (nSPS) is 18.4. The lowest BCUT2D eigenvalue weighted by molar-refractivity contribution is 0.100. The van der Waals surface area contributed by atoms with Crippen LogP contribution in [0.25, 0.3) is 0 Å². The Morgan fingerprint density at radius 1 is 1.31 bits per heavy atom. The quantitative estimate of drug-likeness (QED) is 0.638. The van der Waals surface area contributed by atoms with E-state index in [1.54, 1.807) is 0 Å². The second kappa shape index (κ2) is 7.23. The number of rotatable bonds is 5. The molecule has 0 aliphatic carbocycles. The second-order valence-corrected chi connectivity index (χ2v) is 4.71. The van der Waals surface area contributed by atoms with Crippen molar-refractivity contribution in [3.05, 3.63) is 0 Å². The van der Waals surface area contributed by atoms with Crippen molar-refractivity contribution in [2.75, 3.05) is 19.0 Å². The van der Waals surface area contributed by atoms with Crippen molar-refractivity contribution in [2.45, 2.75) is 37.4 Å². The van der Waals surface area contributed by atoms with Crippen LogP contribution in [0.1, 0.15) is 32.1 Å². The third-order valence-electron chi connectivity index (χ3n) is 2.20. The van der Waals surface area contributed by atoms with Crippen LogP contribution in [0.4, 0.5) is 0 Å². The van der Waals surface area contributed by atoms with Crippen LogP contribution in [0.2, 0.25) is 0 Å². The minimum Gasteiger partial charge on any atom is -0.381 e. The standard InChI is InChI=1S/C10H17NOS/c11-6-2-1-3-9-13-10-4-7-12-8-5-10/h10H,1-5,7-9H2. The topological polar surface area (TPSA) is 33.0 Å². The van der Waals surface area contributed by atoms with Crippen LogP contribution < -0.4 is 0 Å². The molecular formula is C10H17NOS. The van der Waals surface area contributed by atoms with Gasteiger partial charge in [0.1, 0.15) is 0 Å². The van der Waals surface area contributed by atoms with Gasteiger partial charge in [-0.15, -0.1) is 0 Å². The first-order valence-electron chi connectivity index (χ1n) is 5.00. The van der Waals surface area contributed by atoms with Crippen LogP contribution in [-0.4, -0.2) is 24.2 Å². The lowest BCUT2D eigenvalue weighted by Crippen LogP contribution is -2.17. The van der Waals surface area contributed by atoms with Crippen molar-refractivity contribution in [3.63, 3.8) is 0 Å². The number of hydrogen-bond donors (Lipinski definition) is 0. The Morgan fingerprint density at radius 3 is 2.77 bits per heavy atom. The van der Waals surface area contributed by atoms with E-state index in [4.69, 9.17) is 10.00 Å². The minimum absolute atomic E-state index is 0.717. The molecule has 1 fully saturated rings. The number of hydrogen-bond acceptors (Lipinski definition) is 3. The van der Waals surface area contributed by atoms with E-state index < -0.39 is 0 Å². The molecule has 0 unspecified atom stereocenters. The van der Waals surface area contributed by atoms with Gasteiger partial charge in [-0.25, -0.2) is 0 Å². The molecule has 74 valence electrons. The first kappa shape index (κ1) is 10.9. The van der Waals surface area contributed by atoms with Crippen molar-refractivity contribution in [1.82, 2.24) is 0 Å². The summed E-state index contributed by atoms with van der Waals surface area (Å²) in [6.07, 6.45) is 5.39. The summed E-state index contributed by atoms with van der Waals surface area (Å²) in [4.78, 5) is 0. The summed E-state index contributed by atoms with van der Waals surface area (Å²) in [5.41, 5.74) is 0. The van der Waals surface area contributed by atoms with E-state index in [2.05, 4.69) is 17.8 Å². The fraction of sp³-hybridized carbons (Fsp3) is 0.900. The molecule has 3 heteroatoms. The van der Waals surface area contributed by atoms with Gasteiger partial charge < -0.3 is 4.74 Å². The van der Waals surface area contributed by atoms with E-state index >= 15 is 0 Å². The second-order valence-electron chi connectivity index (χ2n) is 3.30. The Balaban J connectivity index is 1.90. The summed E-state index contributed by atoms with van der Waals surface area (Å²) in [5, 5.41) is 9.16. The third kappa shape index (κ3) is 5.17. The first-order valence-corrected chi connectivity index (χ1v) is 6.04. The Hall–Kier alpha value is -0.200. The van der Waals surface area contributed by atoms with Crippen LogP contribution >= 0.6 is 11.8 Å². The number of unbranched alkanes of at least 4 members (excludes halogenated alkanes) is 2. The van der Waals surface area contributed by atoms with Gasteiger partial charge in [0.25, 0.3) is 0 Å². The van der Waals surface area contributed by atoms with E-state index in [0.29, 0.717) is 6.42 Å². The fourth-order valence-corrected chi connectivity index (χ4v) is 2.63. The maximum atomic E-state index is 8.34. The first-order chi connectivity index (χ1) is 6.43. The van der Waals surface area contributed by atoms with Crippen LogP contribution in [0.5, 0.6) is 0 Å². The highest BCUT2D eigenvalue weighted by atomic mass is 32.2. The summed E-state index contributed by atoms with van der Waals surface area (Å²) >= 11 is 2.06. The van der Waals surface area contributed by atoms with Crippen molar-refractivity contribution in [3.8, 4) is 6.07 Å². The van der Waals surface area contributed by atoms with E-state index in [-0.39, 0.29) is 0 Å². The average Bonchev–Trinajstić information content (AvgIpc) is 2.19. The monoisotopic (exact) mass is 199 g/mol. The van der Waals surface area contributed by atoms with Crippen LogP contribution in [0.3, 0.4) is 0 Å². The zero-order chi connectivity index (χ0) is 9.36. The lowest BCUT2D eigenvalue weighted by atomic mass is 10.2. The molecule has 0 radical (unpaired) electrons. The predicted molar refractivity (Wildman–Crippen MR) is 55.8 cm³/mol. The zero-order valence-corrected chi connectivity index (χ0v) is 8.81. The molecule has 0 aromatic heterocycles. The largest absolute Gasteiger partial charge is 0.381 e. The molecule has 1 aliphatic heterocycles. The van der Waals surface area contributed by atoms with Gasteiger partial charge in [0.2, 0.25) is 0 Å². The Kier molecular flexibility index (Phi) is 6.05. The number of nitriles is 1. The SMILES string of the molecule is N#CCCCCSC1CCOCC1. The van der Waals surface area contributed by atoms with E-state index in [1.165, 1.54) is 25.0 Å². The summed E-state index contributed by atoms with van der Waals surface area (Å²) in [5.74, 6) is 1.21. The van der Waals surface area contributed by atoms with Crippen LogP contribution in [0, 0.1) is 11.3 Å². The average molecular weight is 199 g/mol. The molecule has 13 heavy (non-hydrogen) atoms. The minimum atomic E-state index is 0.717. The molecule has 1 heterocycles. The highest BCUT2D eigenvalue weighted by Crippen LogP contribution is 2.22. The van der Waals surface area contributed by atoms with Gasteiger partial charge in [0, 0.05) is 24.9 Å². The Bertz CT molecular complexity index is 161. The molecule has 0 atom stereocenters. The summed E-state index contributed by atoms with van der Waals surface area (Å²) in [6.45, 7) is 1.88. The summed E-state index contributed by atoms with van der Waals surface area (Å²) in [7, 11) is 0. The fourth-order valence-electron chi connectivity index (χ4n) is 1.40. The number of ether oxygens (including phenoxy) is 1. The van der Waals surface area contributed by atoms with Crippen molar-refractivity contribution in [1.29, 1.82) is 5.26 Å². The smallest absolute Gasteiger partial charge is 0.0621 e. The molecule has 0 bridgehead atoms. The van der Waals surface area contributed by atoms with Crippen molar-refractivity contribution >= 4 is 11.8 Å². The van der Waals surface area contributed by atoms with Crippen LogP contribution in [0.15, 0.2) is 0 Å². The molecule has 1 aliphatic rings. The van der Waals surface area contributed by atoms with E-state index in [9.17, 15) is 0 Å². The van der Waals surface area contributed by atoms with Crippen molar-refractivity contribution in [2.24, 2.45) is 0 Å². The Labute approximate surface area is 84.6 Å². The molecule has 0 N–H and O–H groups in total. The van der Waals surface area contributed by atoms with E-state index in [0.717, 1.165) is 24.9 Å². The molecule has 1 saturated heterocycles. The van der Waals surface area contributed by atoms with Gasteiger partial charge in [-0.2, -0.15) is 17.0 Å². The van der Waals surface area contributed by atoms with Gasteiger partial charge >= 0.3 is 0 Å². The van der Waals surface area contributed by atoms with Crippen LogP contribution in [-0.2, 0) is 4.74 Å². The lowest BCUT2D eigenvalue weighted by Gasteiger charge is -2.21. The van der Waals surface area contributed by atoms with E-state index in [1.807, 2.05) is 0 Å². The van der Waals surface area contributed by atoms with Gasteiger partial charge in [0.05, 0.1) is 6.07 Å². The Morgan fingerprint density at radius 2 is 2.08 bits per heavy atom. The highest BCUT2D eigenvalue weighted by Gasteiger charge is 2.12. The maximum absolute atomic E-state index is 8.34. The zero-order valence-electron chi connectivity index (χ0n) is 8.00. The van der Waals surface area contributed by atoms with Gasteiger partial charge in [0.15, 0.2) is 0 Å². The molecule has 1 rings (SSSR count). The van der Waals surface area contributed by atoms with Crippen molar-refractivity contribution < 1.29 is 4.74 Å². The third-order valence-corrected chi connectivity index (χ3v) is 3.67. The molecule has 0 saturated carbocycles. The molecule has 2 nitrogen and oxygen atoms in total. The maximum Gasteiger partial charge on any atom is 0.0621 e. The molecule has 0 aromatic carbocycles. The number of thioether (sulfide) groups is 1. The molecular weight excluding hydrogens is 182 g/mol. The van der Waals surface area contributed by atoms with Gasteiger partial charge in [-0.1, -0.05) is 0 Å². The highest BCUT2D eigenvalue weighted by molar-refractivity contribution is 7.99. The predicted octanol–water partition coefficient (Wildman–Crippen LogP) is 2.59. The van der Waals surface area contributed by atoms with Gasteiger partial charge in [-0.3, -0.25) is 0 Å². The summed E-state index contributed by atoms with van der Waals surface area (Å²) in [6, 6.07) is 2.18. The summed E-state index contributed by atoms with van der Waals surface area (Å²) < 4.78 is 5.29. The molecule has 0 amide bonds. The number of nitrogens with zero attached hydrogens (tertiary/aromatic N) is 1. The van der Waals surface area contributed by atoms with Gasteiger partial charge in [-0.05, 0) is 31.4 Å². The molecule has 0 spiro atoms.